The van der Waals surface area contributed by atoms with E-state index in [0.29, 0.717) is 5.82 Å². The van der Waals surface area contributed by atoms with E-state index in [9.17, 15) is 0 Å². The molecule has 1 aromatic heterocycles. The number of aryl methyl sites for hydroxylation is 1. The Morgan fingerprint density at radius 2 is 2.15 bits per heavy atom. The zero-order valence-corrected chi connectivity index (χ0v) is 8.08. The molecule has 0 aliphatic carbocycles. The van der Waals surface area contributed by atoms with Crippen LogP contribution in [0.2, 0.25) is 0 Å². The molecule has 0 bridgehead atoms. The van der Waals surface area contributed by atoms with Crippen molar-refractivity contribution in [1.29, 1.82) is 0 Å². The van der Waals surface area contributed by atoms with E-state index < -0.39 is 0 Å². The van der Waals surface area contributed by atoms with Crippen molar-refractivity contribution in [1.82, 2.24) is 9.97 Å². The second-order valence-corrected chi connectivity index (χ2v) is 3.91. The highest BCUT2D eigenvalue weighted by Crippen LogP contribution is 2.18. The van der Waals surface area contributed by atoms with E-state index in [0.717, 1.165) is 16.4 Å². The predicted octanol–water partition coefficient (Wildman–Crippen LogP) is 0.563. The van der Waals surface area contributed by atoms with Crippen molar-refractivity contribution in [3.8, 4) is 0 Å². The van der Waals surface area contributed by atoms with Crippen LogP contribution in [0.25, 0.3) is 0 Å². The molecule has 0 fully saturated rings. The summed E-state index contributed by atoms with van der Waals surface area (Å²) in [5.41, 5.74) is 6.68. The summed E-state index contributed by atoms with van der Waals surface area (Å²) in [6.45, 7) is 1.96. The molecule has 1 aliphatic rings. The summed E-state index contributed by atoms with van der Waals surface area (Å²) in [6.07, 6.45) is 3.48. The van der Waals surface area contributed by atoms with Crippen LogP contribution < -0.4 is 5.73 Å². The number of nitrogens with two attached hydrogens (primary N) is 1. The van der Waals surface area contributed by atoms with Gasteiger partial charge in [-0.2, -0.15) is 0 Å². The van der Waals surface area contributed by atoms with E-state index in [1.165, 1.54) is 0 Å². The minimum atomic E-state index is -0.0927. The molecule has 2 rings (SSSR count). The molecule has 1 atom stereocenters. The van der Waals surface area contributed by atoms with Crippen LogP contribution in [0.1, 0.15) is 11.4 Å². The summed E-state index contributed by atoms with van der Waals surface area (Å²) < 4.78 is 0. The van der Waals surface area contributed by atoms with E-state index in [1.54, 1.807) is 24.2 Å². The SMILES string of the molecule is Cc1cnc(C2=N[C@H](N)CS2)nc1. The fraction of sp³-hybridized carbons (Fsp3) is 0.375. The number of thioether (sulfide) groups is 1. The minimum absolute atomic E-state index is 0.0927. The molecule has 0 saturated carbocycles. The third-order valence-corrected chi connectivity index (χ3v) is 2.72. The molecule has 0 unspecified atom stereocenters. The van der Waals surface area contributed by atoms with Gasteiger partial charge in [0.2, 0.25) is 0 Å². The Morgan fingerprint density at radius 3 is 2.69 bits per heavy atom. The Labute approximate surface area is 80.7 Å². The standard InChI is InChI=1S/C8H10N4S/c1-5-2-10-7(11-3-5)8-12-6(9)4-13-8/h2-3,6H,4,9H2,1H3/t6-/m0/s1. The van der Waals surface area contributed by atoms with Crippen LogP contribution in [0, 0.1) is 6.92 Å². The smallest absolute Gasteiger partial charge is 0.184 e. The van der Waals surface area contributed by atoms with Gasteiger partial charge in [-0.05, 0) is 12.5 Å². The highest BCUT2D eigenvalue weighted by Gasteiger charge is 2.17. The largest absolute Gasteiger partial charge is 0.309 e. The maximum absolute atomic E-state index is 5.63. The maximum atomic E-state index is 5.63. The zero-order valence-electron chi connectivity index (χ0n) is 7.27. The summed E-state index contributed by atoms with van der Waals surface area (Å²) in [5, 5.41) is 0.854. The molecule has 68 valence electrons. The first-order valence-electron chi connectivity index (χ1n) is 4.01. The Hall–Kier alpha value is -0.940. The van der Waals surface area contributed by atoms with Gasteiger partial charge < -0.3 is 5.73 Å². The van der Waals surface area contributed by atoms with Gasteiger partial charge in [0.1, 0.15) is 11.2 Å². The van der Waals surface area contributed by atoms with Crippen molar-refractivity contribution in [3.05, 3.63) is 23.8 Å². The van der Waals surface area contributed by atoms with E-state index in [-0.39, 0.29) is 6.17 Å². The molecule has 13 heavy (non-hydrogen) atoms. The zero-order chi connectivity index (χ0) is 9.26. The fourth-order valence-electron chi connectivity index (χ4n) is 1.01. The summed E-state index contributed by atoms with van der Waals surface area (Å²) in [7, 11) is 0. The van der Waals surface area contributed by atoms with Crippen LogP contribution in [0.15, 0.2) is 17.4 Å². The molecule has 2 heterocycles. The Kier molecular flexibility index (Phi) is 2.28. The van der Waals surface area contributed by atoms with E-state index >= 15 is 0 Å². The second kappa shape index (κ2) is 3.43. The molecule has 0 radical (unpaired) electrons. The molecular weight excluding hydrogens is 184 g/mol. The summed E-state index contributed by atoms with van der Waals surface area (Å²) in [5.74, 6) is 1.51. The number of hydrogen-bond donors (Lipinski definition) is 1. The Morgan fingerprint density at radius 1 is 1.46 bits per heavy atom. The number of nitrogens with zero attached hydrogens (tertiary/aromatic N) is 3. The van der Waals surface area contributed by atoms with Gasteiger partial charge in [-0.15, -0.1) is 0 Å². The molecule has 0 spiro atoms. The van der Waals surface area contributed by atoms with Crippen LogP contribution in [0.4, 0.5) is 0 Å². The molecule has 1 aliphatic heterocycles. The van der Waals surface area contributed by atoms with Gasteiger partial charge in [0, 0.05) is 18.1 Å². The average Bonchev–Trinajstić information content (AvgIpc) is 2.53. The Balaban J connectivity index is 2.26. The van der Waals surface area contributed by atoms with E-state index in [1.807, 2.05) is 6.92 Å². The summed E-state index contributed by atoms with van der Waals surface area (Å²) >= 11 is 1.61. The number of rotatable bonds is 1. The summed E-state index contributed by atoms with van der Waals surface area (Å²) in [4.78, 5) is 12.6. The monoisotopic (exact) mass is 194 g/mol. The van der Waals surface area contributed by atoms with Gasteiger partial charge in [-0.1, -0.05) is 11.8 Å². The van der Waals surface area contributed by atoms with Crippen LogP contribution in [-0.4, -0.2) is 26.9 Å². The van der Waals surface area contributed by atoms with Crippen molar-refractivity contribution < 1.29 is 0 Å². The third kappa shape index (κ3) is 1.87. The highest BCUT2D eigenvalue weighted by molar-refractivity contribution is 8.14. The van der Waals surface area contributed by atoms with Gasteiger partial charge in [0.05, 0.1) is 0 Å². The van der Waals surface area contributed by atoms with Gasteiger partial charge >= 0.3 is 0 Å². The molecule has 0 amide bonds. The van der Waals surface area contributed by atoms with Crippen molar-refractivity contribution >= 4 is 16.8 Å². The molecule has 4 nitrogen and oxygen atoms in total. The van der Waals surface area contributed by atoms with Crippen molar-refractivity contribution in [2.24, 2.45) is 10.7 Å². The van der Waals surface area contributed by atoms with Crippen molar-refractivity contribution in [3.63, 3.8) is 0 Å². The van der Waals surface area contributed by atoms with Gasteiger partial charge in [0.25, 0.3) is 0 Å². The highest BCUT2D eigenvalue weighted by atomic mass is 32.2. The quantitative estimate of drug-likeness (QED) is 0.709. The Bertz CT molecular complexity index is 333. The lowest BCUT2D eigenvalue weighted by atomic mass is 10.4. The first kappa shape index (κ1) is 8.65. The third-order valence-electron chi connectivity index (χ3n) is 1.65. The normalized spacial score (nSPS) is 21.7. The topological polar surface area (TPSA) is 64.2 Å². The molecule has 0 saturated heterocycles. The first-order chi connectivity index (χ1) is 6.25. The predicted molar refractivity (Wildman–Crippen MR) is 53.7 cm³/mol. The van der Waals surface area contributed by atoms with Gasteiger partial charge in [-0.3, -0.25) is 4.99 Å². The number of aromatic nitrogens is 2. The fourth-order valence-corrected chi connectivity index (χ4v) is 1.86. The first-order valence-corrected chi connectivity index (χ1v) is 4.99. The van der Waals surface area contributed by atoms with Crippen LogP contribution in [0.3, 0.4) is 0 Å². The molecular formula is C8H10N4S. The van der Waals surface area contributed by atoms with Crippen LogP contribution in [-0.2, 0) is 0 Å². The maximum Gasteiger partial charge on any atom is 0.184 e. The summed E-state index contributed by atoms with van der Waals surface area (Å²) in [6, 6.07) is 0. The lowest BCUT2D eigenvalue weighted by Crippen LogP contribution is -2.15. The van der Waals surface area contributed by atoms with Crippen LogP contribution in [0.5, 0.6) is 0 Å². The molecule has 5 heteroatoms. The van der Waals surface area contributed by atoms with Gasteiger partial charge in [-0.25, -0.2) is 9.97 Å². The molecule has 2 N–H and O–H groups in total. The van der Waals surface area contributed by atoms with E-state index in [2.05, 4.69) is 15.0 Å². The average molecular weight is 194 g/mol. The van der Waals surface area contributed by atoms with Crippen LogP contribution >= 0.6 is 11.8 Å². The van der Waals surface area contributed by atoms with Crippen molar-refractivity contribution in [2.75, 3.05) is 5.75 Å². The minimum Gasteiger partial charge on any atom is -0.309 e. The lowest BCUT2D eigenvalue weighted by molar-refractivity contribution is 0.818. The second-order valence-electron chi connectivity index (χ2n) is 2.90. The van der Waals surface area contributed by atoms with Crippen molar-refractivity contribution in [2.45, 2.75) is 13.1 Å². The number of hydrogen-bond acceptors (Lipinski definition) is 5. The molecule has 1 aromatic rings. The number of aliphatic imine (C=N–C) groups is 1. The molecule has 0 aromatic carbocycles. The lowest BCUT2D eigenvalue weighted by Gasteiger charge is -1.96. The van der Waals surface area contributed by atoms with Gasteiger partial charge in [0.15, 0.2) is 5.82 Å². The van der Waals surface area contributed by atoms with E-state index in [4.69, 9.17) is 5.73 Å².